The van der Waals surface area contributed by atoms with Crippen LogP contribution in [0.5, 0.6) is 0 Å². The number of piperidine rings is 1. The van der Waals surface area contributed by atoms with Crippen LogP contribution in [0.4, 0.5) is 4.79 Å². The molecule has 0 atom stereocenters. The molecular weight excluding hydrogens is 428 g/mol. The lowest BCUT2D eigenvalue weighted by Gasteiger charge is -2.51. The van der Waals surface area contributed by atoms with E-state index in [0.29, 0.717) is 42.9 Å². The molecule has 34 heavy (non-hydrogen) atoms. The highest BCUT2D eigenvalue weighted by Crippen LogP contribution is 2.48. The van der Waals surface area contributed by atoms with E-state index < -0.39 is 5.54 Å². The second-order valence-corrected chi connectivity index (χ2v) is 12.1. The predicted octanol–water partition coefficient (Wildman–Crippen LogP) is 4.32. The number of nitrogens with zero attached hydrogens (tertiary/aromatic N) is 4. The van der Waals surface area contributed by atoms with Crippen LogP contribution in [0.2, 0.25) is 0 Å². The first-order chi connectivity index (χ1) is 16.1. The Morgan fingerprint density at radius 1 is 1.06 bits per heavy atom. The first kappa shape index (κ1) is 25.1. The van der Waals surface area contributed by atoms with Crippen molar-refractivity contribution in [2.45, 2.75) is 84.3 Å². The monoisotopic (exact) mass is 470 g/mol. The van der Waals surface area contributed by atoms with Gasteiger partial charge in [-0.05, 0) is 61.5 Å². The average molecular weight is 471 g/mol. The van der Waals surface area contributed by atoms with Crippen LogP contribution in [0.15, 0.2) is 24.4 Å². The number of methoxy groups -OCH3 is 1. The fraction of sp³-hybridized carbons (Fsp3) is 0.741. The molecular formula is C27H42N4O3. The van der Waals surface area contributed by atoms with E-state index >= 15 is 0 Å². The maximum absolute atomic E-state index is 13.8. The number of aromatic nitrogens is 1. The third kappa shape index (κ3) is 5.01. The summed E-state index contributed by atoms with van der Waals surface area (Å²) in [6.45, 7) is 12.6. The van der Waals surface area contributed by atoms with Gasteiger partial charge in [-0.3, -0.25) is 14.7 Å². The molecule has 2 aliphatic heterocycles. The number of pyridine rings is 1. The zero-order chi connectivity index (χ0) is 24.6. The molecule has 0 aromatic carbocycles. The van der Waals surface area contributed by atoms with Crippen molar-refractivity contribution in [3.05, 3.63) is 30.1 Å². The van der Waals surface area contributed by atoms with Crippen LogP contribution in [0.1, 0.15) is 71.9 Å². The number of carbonyl (C=O) groups is 2. The van der Waals surface area contributed by atoms with Gasteiger partial charge in [-0.1, -0.05) is 33.8 Å². The van der Waals surface area contributed by atoms with E-state index in [0.717, 1.165) is 25.2 Å². The Morgan fingerprint density at radius 3 is 2.32 bits per heavy atom. The summed E-state index contributed by atoms with van der Waals surface area (Å²) < 4.78 is 5.24. The summed E-state index contributed by atoms with van der Waals surface area (Å²) in [6.07, 6.45) is 7.46. The highest BCUT2D eigenvalue weighted by atomic mass is 16.5. The molecule has 0 unspecified atom stereocenters. The third-order valence-electron chi connectivity index (χ3n) is 8.07. The number of ether oxygens (including phenoxy) is 1. The Hall–Kier alpha value is -1.99. The molecule has 0 bridgehead atoms. The van der Waals surface area contributed by atoms with Gasteiger partial charge < -0.3 is 14.5 Å². The van der Waals surface area contributed by atoms with Crippen molar-refractivity contribution in [1.29, 1.82) is 0 Å². The van der Waals surface area contributed by atoms with Crippen molar-refractivity contribution in [3.8, 4) is 0 Å². The van der Waals surface area contributed by atoms with Crippen molar-refractivity contribution in [2.24, 2.45) is 10.8 Å². The van der Waals surface area contributed by atoms with Crippen LogP contribution in [0.25, 0.3) is 0 Å². The van der Waals surface area contributed by atoms with E-state index in [1.165, 1.54) is 24.2 Å². The van der Waals surface area contributed by atoms with Crippen LogP contribution in [0.3, 0.4) is 0 Å². The summed E-state index contributed by atoms with van der Waals surface area (Å²) in [7, 11) is 1.67. The van der Waals surface area contributed by atoms with Crippen molar-refractivity contribution < 1.29 is 14.3 Å². The Kier molecular flexibility index (Phi) is 7.07. The molecule has 0 radical (unpaired) electrons. The van der Waals surface area contributed by atoms with E-state index in [2.05, 4.69) is 37.6 Å². The lowest BCUT2D eigenvalue weighted by Crippen LogP contribution is -2.59. The Labute approximate surface area is 204 Å². The highest BCUT2D eigenvalue weighted by molar-refractivity contribution is 6.07. The summed E-state index contributed by atoms with van der Waals surface area (Å²) in [5.41, 5.74) is 0.649. The fourth-order valence-corrected chi connectivity index (χ4v) is 7.04. The predicted molar refractivity (Wildman–Crippen MR) is 132 cm³/mol. The molecule has 3 heterocycles. The lowest BCUT2D eigenvalue weighted by molar-refractivity contribution is -0.137. The molecule has 3 amide bonds. The molecule has 0 N–H and O–H groups in total. The first-order valence-corrected chi connectivity index (χ1v) is 12.8. The van der Waals surface area contributed by atoms with Gasteiger partial charge in [-0.25, -0.2) is 4.79 Å². The van der Waals surface area contributed by atoms with Gasteiger partial charge in [0.2, 0.25) is 0 Å². The topological polar surface area (TPSA) is 66.0 Å². The Morgan fingerprint density at radius 2 is 1.74 bits per heavy atom. The summed E-state index contributed by atoms with van der Waals surface area (Å²) in [4.78, 5) is 37.5. The summed E-state index contributed by atoms with van der Waals surface area (Å²) >= 11 is 0. The van der Waals surface area contributed by atoms with Crippen LogP contribution in [0, 0.1) is 10.8 Å². The standard InChI is InChI=1S/C27H42N4O3/c1-25(2)17-22(18-26(3,4)20-25)29-14-10-27(11-15-29)23(32)30(19-21-9-6-7-12-28-21)24(33)31(27)13-8-16-34-5/h6-7,9,12,22H,8,10-11,13-20H2,1-5H3. The van der Waals surface area contributed by atoms with Crippen molar-refractivity contribution in [2.75, 3.05) is 33.4 Å². The number of amides is 3. The van der Waals surface area contributed by atoms with Gasteiger partial charge in [0.05, 0.1) is 12.2 Å². The quantitative estimate of drug-likeness (QED) is 0.439. The van der Waals surface area contributed by atoms with Crippen LogP contribution in [-0.2, 0) is 16.1 Å². The Bertz CT molecular complexity index is 861. The number of hydrogen-bond donors (Lipinski definition) is 0. The van der Waals surface area contributed by atoms with E-state index in [1.54, 1.807) is 13.3 Å². The molecule has 188 valence electrons. The molecule has 1 aromatic heterocycles. The smallest absolute Gasteiger partial charge is 0.328 e. The fourth-order valence-electron chi connectivity index (χ4n) is 7.04. The number of rotatable bonds is 7. The number of imide groups is 1. The van der Waals surface area contributed by atoms with Crippen LogP contribution < -0.4 is 0 Å². The Balaban J connectivity index is 1.52. The maximum Gasteiger partial charge on any atom is 0.328 e. The minimum Gasteiger partial charge on any atom is -0.385 e. The molecule has 1 saturated carbocycles. The van der Waals surface area contributed by atoms with Crippen molar-refractivity contribution in [3.63, 3.8) is 0 Å². The second kappa shape index (κ2) is 9.57. The minimum atomic E-state index is -0.740. The summed E-state index contributed by atoms with van der Waals surface area (Å²) in [6, 6.07) is 5.97. The van der Waals surface area contributed by atoms with Gasteiger partial charge in [0.1, 0.15) is 5.54 Å². The number of urea groups is 1. The van der Waals surface area contributed by atoms with Gasteiger partial charge in [0, 0.05) is 45.6 Å². The summed E-state index contributed by atoms with van der Waals surface area (Å²) in [5.74, 6) is -0.0514. The SMILES string of the molecule is COCCCN1C(=O)N(Cc2ccccn2)C(=O)C12CCN(C1CC(C)(C)CC(C)(C)C1)CC2. The van der Waals surface area contributed by atoms with Crippen LogP contribution in [-0.4, -0.2) is 76.6 Å². The molecule has 2 saturated heterocycles. The molecule has 7 nitrogen and oxygen atoms in total. The molecule has 1 aromatic rings. The highest BCUT2D eigenvalue weighted by Gasteiger charge is 2.58. The normalized spacial score (nSPS) is 24.9. The van der Waals surface area contributed by atoms with Gasteiger partial charge in [-0.15, -0.1) is 0 Å². The van der Waals surface area contributed by atoms with E-state index in [4.69, 9.17) is 4.74 Å². The minimum absolute atomic E-state index is 0.0514. The maximum atomic E-state index is 13.8. The zero-order valence-corrected chi connectivity index (χ0v) is 21.7. The molecule has 3 aliphatic rings. The van der Waals surface area contributed by atoms with Gasteiger partial charge in [0.15, 0.2) is 0 Å². The average Bonchev–Trinajstić information content (AvgIpc) is 2.95. The third-order valence-corrected chi connectivity index (χ3v) is 8.07. The molecule has 7 heteroatoms. The van der Waals surface area contributed by atoms with E-state index in [-0.39, 0.29) is 18.5 Å². The summed E-state index contributed by atoms with van der Waals surface area (Å²) in [5, 5.41) is 0. The lowest BCUT2D eigenvalue weighted by atomic mass is 9.63. The van der Waals surface area contributed by atoms with E-state index in [1.807, 2.05) is 23.1 Å². The van der Waals surface area contributed by atoms with E-state index in [9.17, 15) is 9.59 Å². The van der Waals surface area contributed by atoms with Crippen molar-refractivity contribution >= 4 is 11.9 Å². The zero-order valence-electron chi connectivity index (χ0n) is 21.7. The number of carbonyl (C=O) groups excluding carboxylic acids is 2. The number of hydrogen-bond acceptors (Lipinski definition) is 5. The molecule has 4 rings (SSSR count). The molecule has 3 fully saturated rings. The second-order valence-electron chi connectivity index (χ2n) is 12.1. The molecule has 1 aliphatic carbocycles. The number of likely N-dealkylation sites (tertiary alicyclic amines) is 1. The van der Waals surface area contributed by atoms with Gasteiger partial charge in [0.25, 0.3) is 5.91 Å². The largest absolute Gasteiger partial charge is 0.385 e. The van der Waals surface area contributed by atoms with Gasteiger partial charge in [-0.2, -0.15) is 0 Å². The first-order valence-electron chi connectivity index (χ1n) is 12.8. The molecule has 1 spiro atoms. The van der Waals surface area contributed by atoms with Crippen molar-refractivity contribution in [1.82, 2.24) is 19.7 Å². The van der Waals surface area contributed by atoms with Gasteiger partial charge >= 0.3 is 6.03 Å². The van der Waals surface area contributed by atoms with Crippen LogP contribution >= 0.6 is 0 Å².